The highest BCUT2D eigenvalue weighted by Crippen LogP contribution is 2.39. The van der Waals surface area contributed by atoms with Crippen molar-refractivity contribution < 1.29 is 4.79 Å². The van der Waals surface area contributed by atoms with Crippen molar-refractivity contribution in [2.45, 2.75) is 34.1 Å². The molecule has 0 aromatic heterocycles. The van der Waals surface area contributed by atoms with Gasteiger partial charge in [-0.1, -0.05) is 33.8 Å². The molecule has 0 aromatic carbocycles. The van der Waals surface area contributed by atoms with Gasteiger partial charge in [-0.3, -0.25) is 4.79 Å². The summed E-state index contributed by atoms with van der Waals surface area (Å²) in [6, 6.07) is 0. The predicted molar refractivity (Wildman–Crippen MR) is 46.3 cm³/mol. The Balaban J connectivity index is 2.94. The number of hydrogen-bond acceptors (Lipinski definition) is 1. The first-order chi connectivity index (χ1) is 4.83. The minimum absolute atomic E-state index is 0.155. The minimum Gasteiger partial charge on any atom is -0.294 e. The highest BCUT2D eigenvalue weighted by molar-refractivity contribution is 5.95. The van der Waals surface area contributed by atoms with Crippen LogP contribution in [0.25, 0.3) is 0 Å². The molecule has 1 aliphatic carbocycles. The molecule has 0 saturated heterocycles. The molecule has 0 aliphatic heterocycles. The van der Waals surface area contributed by atoms with E-state index in [1.165, 1.54) is 0 Å². The standard InChI is InChI=1S/C10H16O/c1-9(2)6-5-8(11)10(3,4)7-9/h5-6H,7H2,1-4H3. The second kappa shape index (κ2) is 2.20. The highest BCUT2D eigenvalue weighted by Gasteiger charge is 2.35. The van der Waals surface area contributed by atoms with E-state index in [1.54, 1.807) is 6.08 Å². The van der Waals surface area contributed by atoms with Crippen LogP contribution in [0, 0.1) is 10.8 Å². The summed E-state index contributed by atoms with van der Waals surface area (Å²) in [5.74, 6) is 0.261. The second-order valence-electron chi connectivity index (χ2n) is 4.75. The number of allylic oxidation sites excluding steroid dienone is 2. The lowest BCUT2D eigenvalue weighted by atomic mass is 9.69. The molecule has 0 fully saturated rings. The SMILES string of the molecule is CC1(C)C=CC(=O)C(C)(C)C1. The zero-order valence-corrected chi connectivity index (χ0v) is 7.77. The van der Waals surface area contributed by atoms with Gasteiger partial charge in [0.05, 0.1) is 0 Å². The number of carbonyl (C=O) groups is 1. The summed E-state index contributed by atoms with van der Waals surface area (Å²) in [5.41, 5.74) is 0.0374. The molecule has 1 aliphatic rings. The largest absolute Gasteiger partial charge is 0.294 e. The van der Waals surface area contributed by atoms with Crippen molar-refractivity contribution in [3.8, 4) is 0 Å². The average Bonchev–Trinajstić information content (AvgIpc) is 1.77. The van der Waals surface area contributed by atoms with Crippen molar-refractivity contribution in [1.82, 2.24) is 0 Å². The van der Waals surface area contributed by atoms with Gasteiger partial charge >= 0.3 is 0 Å². The molecule has 0 saturated carbocycles. The van der Waals surface area contributed by atoms with Crippen LogP contribution in [0.4, 0.5) is 0 Å². The van der Waals surface area contributed by atoms with E-state index in [0.29, 0.717) is 0 Å². The van der Waals surface area contributed by atoms with Crippen molar-refractivity contribution in [3.63, 3.8) is 0 Å². The molecule has 0 amide bonds. The van der Waals surface area contributed by atoms with Gasteiger partial charge in [-0.15, -0.1) is 0 Å². The zero-order valence-electron chi connectivity index (χ0n) is 7.77. The van der Waals surface area contributed by atoms with Gasteiger partial charge in [0, 0.05) is 5.41 Å². The first-order valence-electron chi connectivity index (χ1n) is 4.07. The fraction of sp³-hybridized carbons (Fsp3) is 0.700. The average molecular weight is 152 g/mol. The normalized spacial score (nSPS) is 27.1. The number of rotatable bonds is 0. The third kappa shape index (κ3) is 1.70. The first-order valence-corrected chi connectivity index (χ1v) is 4.07. The Morgan fingerprint density at radius 3 is 2.18 bits per heavy atom. The van der Waals surface area contributed by atoms with Crippen LogP contribution < -0.4 is 0 Å². The molecule has 62 valence electrons. The Morgan fingerprint density at radius 1 is 1.27 bits per heavy atom. The molecule has 11 heavy (non-hydrogen) atoms. The molecule has 0 atom stereocenters. The van der Waals surface area contributed by atoms with E-state index in [4.69, 9.17) is 0 Å². The Labute approximate surface area is 68.5 Å². The van der Waals surface area contributed by atoms with Gasteiger partial charge in [-0.2, -0.15) is 0 Å². The lowest BCUT2D eigenvalue weighted by molar-refractivity contribution is -0.124. The number of ketones is 1. The van der Waals surface area contributed by atoms with Gasteiger partial charge in [0.2, 0.25) is 0 Å². The molecule has 0 heterocycles. The molecule has 0 unspecified atom stereocenters. The van der Waals surface area contributed by atoms with E-state index in [1.807, 2.05) is 19.9 Å². The molecule has 1 rings (SSSR count). The molecule has 0 N–H and O–H groups in total. The van der Waals surface area contributed by atoms with Crippen LogP contribution in [0.15, 0.2) is 12.2 Å². The zero-order chi connectivity index (χ0) is 8.70. The smallest absolute Gasteiger partial charge is 0.160 e. The van der Waals surface area contributed by atoms with E-state index in [0.717, 1.165) is 6.42 Å². The predicted octanol–water partition coefficient (Wildman–Crippen LogP) is 2.57. The third-order valence-electron chi connectivity index (χ3n) is 2.25. The molecular formula is C10H16O. The third-order valence-corrected chi connectivity index (χ3v) is 2.25. The fourth-order valence-corrected chi connectivity index (χ4v) is 1.81. The minimum atomic E-state index is -0.155. The van der Waals surface area contributed by atoms with E-state index in [-0.39, 0.29) is 16.6 Å². The van der Waals surface area contributed by atoms with Crippen molar-refractivity contribution >= 4 is 5.78 Å². The van der Waals surface area contributed by atoms with E-state index in [9.17, 15) is 4.79 Å². The maximum absolute atomic E-state index is 11.3. The van der Waals surface area contributed by atoms with Gasteiger partial charge < -0.3 is 0 Å². The molecule has 0 radical (unpaired) electrons. The Bertz CT molecular complexity index is 209. The van der Waals surface area contributed by atoms with Crippen LogP contribution in [0.3, 0.4) is 0 Å². The van der Waals surface area contributed by atoms with Crippen molar-refractivity contribution in [3.05, 3.63) is 12.2 Å². The van der Waals surface area contributed by atoms with Crippen LogP contribution in [0.1, 0.15) is 34.1 Å². The van der Waals surface area contributed by atoms with Crippen molar-refractivity contribution in [2.24, 2.45) is 10.8 Å². The Hall–Kier alpha value is -0.590. The number of carbonyl (C=O) groups excluding carboxylic acids is 1. The van der Waals surface area contributed by atoms with Crippen LogP contribution in [0.5, 0.6) is 0 Å². The van der Waals surface area contributed by atoms with Crippen LogP contribution >= 0.6 is 0 Å². The van der Waals surface area contributed by atoms with Gasteiger partial charge in [-0.05, 0) is 17.9 Å². The van der Waals surface area contributed by atoms with Gasteiger partial charge in [0.1, 0.15) is 0 Å². The van der Waals surface area contributed by atoms with Crippen LogP contribution in [-0.4, -0.2) is 5.78 Å². The summed E-state index contributed by atoms with van der Waals surface area (Å²) in [5, 5.41) is 0. The summed E-state index contributed by atoms with van der Waals surface area (Å²) in [6.45, 7) is 8.36. The molecule has 0 aromatic rings. The molecule has 1 heteroatoms. The maximum atomic E-state index is 11.3. The van der Waals surface area contributed by atoms with E-state index < -0.39 is 0 Å². The highest BCUT2D eigenvalue weighted by atomic mass is 16.1. The topological polar surface area (TPSA) is 17.1 Å². The molecule has 0 bridgehead atoms. The van der Waals surface area contributed by atoms with Gasteiger partial charge in [-0.25, -0.2) is 0 Å². The van der Waals surface area contributed by atoms with Crippen LogP contribution in [-0.2, 0) is 4.79 Å². The lowest BCUT2D eigenvalue weighted by Crippen LogP contribution is -2.32. The summed E-state index contributed by atoms with van der Waals surface area (Å²) < 4.78 is 0. The second-order valence-corrected chi connectivity index (χ2v) is 4.75. The summed E-state index contributed by atoms with van der Waals surface area (Å²) in [4.78, 5) is 11.3. The van der Waals surface area contributed by atoms with Gasteiger partial charge in [0.15, 0.2) is 5.78 Å². The fourth-order valence-electron chi connectivity index (χ4n) is 1.81. The van der Waals surface area contributed by atoms with E-state index in [2.05, 4.69) is 13.8 Å². The molecule has 1 nitrogen and oxygen atoms in total. The maximum Gasteiger partial charge on any atom is 0.160 e. The van der Waals surface area contributed by atoms with Crippen molar-refractivity contribution in [2.75, 3.05) is 0 Å². The summed E-state index contributed by atoms with van der Waals surface area (Å²) in [6.07, 6.45) is 4.69. The van der Waals surface area contributed by atoms with E-state index >= 15 is 0 Å². The lowest BCUT2D eigenvalue weighted by Gasteiger charge is -2.34. The quantitative estimate of drug-likeness (QED) is 0.521. The monoisotopic (exact) mass is 152 g/mol. The Kier molecular flexibility index (Phi) is 1.70. The Morgan fingerprint density at radius 2 is 1.82 bits per heavy atom. The summed E-state index contributed by atoms with van der Waals surface area (Å²) in [7, 11) is 0. The van der Waals surface area contributed by atoms with Crippen LogP contribution in [0.2, 0.25) is 0 Å². The molecule has 0 spiro atoms. The van der Waals surface area contributed by atoms with Gasteiger partial charge in [0.25, 0.3) is 0 Å². The number of hydrogen-bond donors (Lipinski definition) is 0. The van der Waals surface area contributed by atoms with Crippen molar-refractivity contribution in [1.29, 1.82) is 0 Å². The first kappa shape index (κ1) is 8.51. The summed E-state index contributed by atoms with van der Waals surface area (Å²) >= 11 is 0. The molecular weight excluding hydrogens is 136 g/mol.